The van der Waals surface area contributed by atoms with Gasteiger partial charge >= 0.3 is 11.8 Å². The van der Waals surface area contributed by atoms with Crippen LogP contribution in [0.25, 0.3) is 11.2 Å². The first-order chi connectivity index (χ1) is 14.1. The molecule has 162 valence electrons. The predicted molar refractivity (Wildman–Crippen MR) is 114 cm³/mol. The van der Waals surface area contributed by atoms with E-state index in [1.807, 2.05) is 25.7 Å². The number of fused-ring (bicyclic) bond motifs is 1. The number of anilines is 1. The summed E-state index contributed by atoms with van der Waals surface area (Å²) in [7, 11) is 1.42. The van der Waals surface area contributed by atoms with Crippen LogP contribution < -0.4 is 21.5 Å². The van der Waals surface area contributed by atoms with Crippen molar-refractivity contribution < 1.29 is 9.53 Å². The lowest BCUT2D eigenvalue weighted by atomic mass is 10.1. The zero-order valence-corrected chi connectivity index (χ0v) is 18.0. The van der Waals surface area contributed by atoms with Crippen molar-refractivity contribution in [3.05, 3.63) is 20.8 Å². The molecule has 1 fully saturated rings. The van der Waals surface area contributed by atoms with Crippen LogP contribution in [-0.4, -0.2) is 49.9 Å². The maximum atomic E-state index is 12.7. The monoisotopic (exact) mass is 416 g/mol. The summed E-state index contributed by atoms with van der Waals surface area (Å²) >= 11 is 0. The normalized spacial score (nSPS) is 16.8. The van der Waals surface area contributed by atoms with Crippen molar-refractivity contribution in [1.29, 1.82) is 0 Å². The molecule has 1 amide bonds. The molecule has 1 saturated heterocycles. The van der Waals surface area contributed by atoms with Gasteiger partial charge in [0, 0.05) is 26.2 Å². The van der Waals surface area contributed by atoms with E-state index in [0.717, 1.165) is 17.4 Å². The van der Waals surface area contributed by atoms with Crippen LogP contribution in [0, 0.1) is 11.8 Å². The molecular weight excluding hydrogens is 388 g/mol. The molecule has 0 aliphatic carbocycles. The van der Waals surface area contributed by atoms with Gasteiger partial charge in [-0.2, -0.15) is 4.98 Å². The van der Waals surface area contributed by atoms with Crippen molar-refractivity contribution in [1.82, 2.24) is 24.4 Å². The highest BCUT2D eigenvalue weighted by molar-refractivity contribution is 5.74. The number of nitrogens with one attached hydrogen (secondary N) is 2. The molecule has 0 spiro atoms. The highest BCUT2D eigenvalue weighted by Crippen LogP contribution is 2.22. The lowest BCUT2D eigenvalue weighted by Gasteiger charge is -2.34. The quantitative estimate of drug-likeness (QED) is 0.720. The summed E-state index contributed by atoms with van der Waals surface area (Å²) in [6.45, 7) is 8.66. The number of hydrogen-bond acceptors (Lipinski definition) is 6. The first-order valence-electron chi connectivity index (χ1n) is 9.94. The van der Waals surface area contributed by atoms with Gasteiger partial charge in [0.05, 0.1) is 6.54 Å². The molecule has 0 bridgehead atoms. The number of hydrogen-bond donors (Lipinski definition) is 2. The molecule has 1 unspecified atom stereocenters. The number of ether oxygens (including phenoxy) is 1. The minimum Gasteiger partial charge on any atom is -0.444 e. The fourth-order valence-corrected chi connectivity index (χ4v) is 3.48. The molecule has 0 radical (unpaired) electrons. The smallest absolute Gasteiger partial charge is 0.407 e. The topological polar surface area (TPSA) is 114 Å². The lowest BCUT2D eigenvalue weighted by molar-refractivity contribution is 0.0500. The Hall–Kier alpha value is -3.22. The van der Waals surface area contributed by atoms with Crippen LogP contribution in [0.4, 0.5) is 10.7 Å². The van der Waals surface area contributed by atoms with E-state index in [2.05, 4.69) is 27.1 Å². The van der Waals surface area contributed by atoms with Gasteiger partial charge in [0.25, 0.3) is 5.56 Å². The lowest BCUT2D eigenvalue weighted by Crippen LogP contribution is -2.49. The first kappa shape index (κ1) is 21.5. The molecule has 1 aliphatic rings. The van der Waals surface area contributed by atoms with Gasteiger partial charge in [0.15, 0.2) is 11.2 Å². The maximum Gasteiger partial charge on any atom is 0.407 e. The third-order valence-electron chi connectivity index (χ3n) is 4.82. The molecule has 10 heteroatoms. The number of imidazole rings is 1. The van der Waals surface area contributed by atoms with Crippen LogP contribution in [0.15, 0.2) is 9.59 Å². The summed E-state index contributed by atoms with van der Waals surface area (Å²) in [5, 5.41) is 2.91. The second kappa shape index (κ2) is 8.26. The minimum atomic E-state index is -0.572. The van der Waals surface area contributed by atoms with E-state index < -0.39 is 22.9 Å². The van der Waals surface area contributed by atoms with Gasteiger partial charge in [0.2, 0.25) is 5.95 Å². The zero-order chi connectivity index (χ0) is 22.1. The number of aromatic amines is 1. The molecule has 2 N–H and O–H groups in total. The molecule has 2 aromatic heterocycles. The summed E-state index contributed by atoms with van der Waals surface area (Å²) in [6.07, 6.45) is 1.18. The number of rotatable bonds is 3. The van der Waals surface area contributed by atoms with Crippen molar-refractivity contribution in [3.63, 3.8) is 0 Å². The fraction of sp³-hybridized carbons (Fsp3) is 0.600. The first-order valence-corrected chi connectivity index (χ1v) is 9.94. The second-order valence-electron chi connectivity index (χ2n) is 8.35. The number of nitrogens with zero attached hydrogens (tertiary/aromatic N) is 4. The molecule has 3 rings (SSSR count). The van der Waals surface area contributed by atoms with E-state index in [-0.39, 0.29) is 18.2 Å². The van der Waals surface area contributed by atoms with Crippen molar-refractivity contribution in [2.75, 3.05) is 18.0 Å². The molecule has 3 heterocycles. The standard InChI is InChI=1S/C20H28N6O4/c1-6-7-11-26-14-15(23-18(28)24(5)16(14)27)22-17(26)25-10-8-9-13(12-25)21-19(29)30-20(2,3)4/h13H,8-12H2,1-5H3,(H,21,29)(H,23,28). The summed E-state index contributed by atoms with van der Waals surface area (Å²) in [6, 6.07) is -0.124. The molecule has 0 saturated carbocycles. The van der Waals surface area contributed by atoms with Crippen LogP contribution in [0.5, 0.6) is 0 Å². The number of H-pyrrole nitrogens is 1. The Bertz CT molecular complexity index is 1120. The van der Waals surface area contributed by atoms with Crippen molar-refractivity contribution in [3.8, 4) is 11.8 Å². The van der Waals surface area contributed by atoms with Gasteiger partial charge in [0.1, 0.15) is 5.60 Å². The predicted octanol–water partition coefficient (Wildman–Crippen LogP) is 0.940. The van der Waals surface area contributed by atoms with Gasteiger partial charge in [-0.1, -0.05) is 5.92 Å². The van der Waals surface area contributed by atoms with E-state index in [9.17, 15) is 14.4 Å². The number of amides is 1. The number of piperidine rings is 1. The molecule has 10 nitrogen and oxygen atoms in total. The van der Waals surface area contributed by atoms with E-state index in [1.165, 1.54) is 7.05 Å². The third kappa shape index (κ3) is 4.50. The summed E-state index contributed by atoms with van der Waals surface area (Å²) < 4.78 is 8.10. The van der Waals surface area contributed by atoms with E-state index >= 15 is 0 Å². The number of carbonyl (C=O) groups excluding carboxylic acids is 1. The average molecular weight is 416 g/mol. The van der Waals surface area contributed by atoms with Crippen molar-refractivity contribution >= 4 is 23.2 Å². The summed E-state index contributed by atoms with van der Waals surface area (Å²) in [4.78, 5) is 46.1. The molecule has 30 heavy (non-hydrogen) atoms. The van der Waals surface area contributed by atoms with Crippen LogP contribution in [0.1, 0.15) is 40.5 Å². The molecule has 1 atom stereocenters. The van der Waals surface area contributed by atoms with Gasteiger partial charge < -0.3 is 15.0 Å². The van der Waals surface area contributed by atoms with E-state index in [4.69, 9.17) is 4.74 Å². The number of aromatic nitrogens is 4. The highest BCUT2D eigenvalue weighted by Gasteiger charge is 2.28. The Morgan fingerprint density at radius 1 is 1.37 bits per heavy atom. The van der Waals surface area contributed by atoms with Crippen LogP contribution >= 0.6 is 0 Å². The van der Waals surface area contributed by atoms with Gasteiger partial charge in [-0.05, 0) is 40.5 Å². The number of alkyl carbamates (subject to hydrolysis) is 1. The molecular formula is C20H28N6O4. The Labute approximate surface area is 174 Å². The van der Waals surface area contributed by atoms with E-state index in [1.54, 1.807) is 11.5 Å². The van der Waals surface area contributed by atoms with Crippen LogP contribution in [-0.2, 0) is 18.3 Å². The summed E-state index contributed by atoms with van der Waals surface area (Å²) in [5.41, 5.74) is -0.980. The Morgan fingerprint density at radius 2 is 2.10 bits per heavy atom. The van der Waals surface area contributed by atoms with Crippen LogP contribution in [0.2, 0.25) is 0 Å². The SMILES string of the molecule is CC#CCn1c(N2CCCC(NC(=O)OC(C)(C)C)C2)nc2[nH]c(=O)n(C)c(=O)c21. The average Bonchev–Trinajstić information content (AvgIpc) is 3.01. The zero-order valence-electron chi connectivity index (χ0n) is 18.0. The molecule has 1 aliphatic heterocycles. The van der Waals surface area contributed by atoms with Crippen molar-refractivity contribution in [2.24, 2.45) is 7.05 Å². The Morgan fingerprint density at radius 3 is 2.77 bits per heavy atom. The third-order valence-corrected chi connectivity index (χ3v) is 4.82. The van der Waals surface area contributed by atoms with Crippen LogP contribution in [0.3, 0.4) is 0 Å². The van der Waals surface area contributed by atoms with Gasteiger partial charge in [-0.25, -0.2) is 9.59 Å². The second-order valence-corrected chi connectivity index (χ2v) is 8.35. The Kier molecular flexibility index (Phi) is 5.92. The highest BCUT2D eigenvalue weighted by atomic mass is 16.6. The maximum absolute atomic E-state index is 12.7. The Balaban J connectivity index is 1.94. The molecule has 2 aromatic rings. The van der Waals surface area contributed by atoms with E-state index in [0.29, 0.717) is 24.6 Å². The number of carbonyl (C=O) groups is 1. The molecule has 0 aromatic carbocycles. The minimum absolute atomic E-state index is 0.124. The van der Waals surface area contributed by atoms with Crippen molar-refractivity contribution in [2.45, 2.75) is 58.7 Å². The van der Waals surface area contributed by atoms with Gasteiger partial charge in [-0.3, -0.25) is 18.9 Å². The fourth-order valence-electron chi connectivity index (χ4n) is 3.48. The largest absolute Gasteiger partial charge is 0.444 e. The van der Waals surface area contributed by atoms with Gasteiger partial charge in [-0.15, -0.1) is 5.92 Å². The summed E-state index contributed by atoms with van der Waals surface area (Å²) in [5.74, 6) is 6.34.